The summed E-state index contributed by atoms with van der Waals surface area (Å²) in [6, 6.07) is 15.3. The van der Waals surface area contributed by atoms with Crippen LogP contribution < -0.4 is 5.30 Å². The molecule has 35 heavy (non-hydrogen) atoms. The van der Waals surface area contributed by atoms with Crippen molar-refractivity contribution in [3.05, 3.63) is 83.9 Å². The highest BCUT2D eigenvalue weighted by atomic mass is 31.2. The smallest absolute Gasteiger partial charge is 0.164 e. The highest BCUT2D eigenvalue weighted by Gasteiger charge is 2.42. The van der Waals surface area contributed by atoms with Crippen LogP contribution in [0.25, 0.3) is 33.5 Å². The number of nitrogens with zero attached hydrogens (tertiary/aromatic N) is 5. The summed E-state index contributed by atoms with van der Waals surface area (Å²) in [5.41, 5.74) is 4.46. The number of halogens is 2. The topological polar surface area (TPSA) is 65.6 Å². The molecule has 0 unspecified atom stereocenters. The van der Waals surface area contributed by atoms with E-state index in [9.17, 15) is 8.96 Å². The molecular formula is C26H20F2N5OP. The third-order valence-corrected chi connectivity index (χ3v) is 8.69. The van der Waals surface area contributed by atoms with Crippen LogP contribution >= 0.6 is 7.14 Å². The Morgan fingerprint density at radius 2 is 1.77 bits per heavy atom. The molecule has 2 atom stereocenters. The van der Waals surface area contributed by atoms with Gasteiger partial charge in [-0.15, -0.1) is 10.2 Å². The van der Waals surface area contributed by atoms with Crippen LogP contribution in [0.1, 0.15) is 29.9 Å². The predicted octanol–water partition coefficient (Wildman–Crippen LogP) is 5.38. The minimum atomic E-state index is -2.72. The van der Waals surface area contributed by atoms with E-state index in [2.05, 4.69) is 14.8 Å². The summed E-state index contributed by atoms with van der Waals surface area (Å²) in [4.78, 5) is 4.91. The summed E-state index contributed by atoms with van der Waals surface area (Å²) in [6.45, 7) is 3.12. The largest absolute Gasteiger partial charge is 0.319 e. The van der Waals surface area contributed by atoms with Crippen molar-refractivity contribution in [2.24, 2.45) is 0 Å². The van der Waals surface area contributed by atoms with Crippen molar-refractivity contribution in [2.45, 2.75) is 18.5 Å². The zero-order valence-electron chi connectivity index (χ0n) is 19.0. The Kier molecular flexibility index (Phi) is 4.11. The summed E-state index contributed by atoms with van der Waals surface area (Å²) >= 11 is 0. The van der Waals surface area contributed by atoms with Crippen LogP contribution in [0.2, 0.25) is 0 Å². The molecule has 7 rings (SSSR count). The normalized spacial score (nSPS) is 18.3. The molecule has 4 heterocycles. The van der Waals surface area contributed by atoms with Crippen molar-refractivity contribution in [3.8, 4) is 22.5 Å². The molecule has 3 aromatic carbocycles. The van der Waals surface area contributed by atoms with E-state index in [0.717, 1.165) is 28.0 Å². The molecule has 0 N–H and O–H groups in total. The summed E-state index contributed by atoms with van der Waals surface area (Å²) in [5.74, 6) is 0.718. The fraction of sp³-hybridized carbons (Fsp3) is 0.192. The van der Waals surface area contributed by atoms with Crippen LogP contribution in [0.3, 0.4) is 0 Å². The summed E-state index contributed by atoms with van der Waals surface area (Å²) in [6.07, 6.45) is 2.33. The Morgan fingerprint density at radius 1 is 0.971 bits per heavy atom. The SMILES string of the molecule is CP(C)(=O)c1ccc(-c2ccc3nc4n(c3c2)[C@H]2C[C@@H]4n3cnnc3-c3cccc(F)c32)cc1F. The molecule has 2 aromatic heterocycles. The summed E-state index contributed by atoms with van der Waals surface area (Å²) < 4.78 is 46.5. The standard InChI is InChI=1S/C26H20F2N5OP/c1-35(2,34)23-9-7-14(10-18(23)28)15-6-8-19-20(11-15)33-21-12-22(26(33)30-19)32-13-29-31-25(32)16-4-3-5-17(27)24(16)21/h3-11,13,21-22H,12H2,1-2H3/t21-,22-/m0/s1. The van der Waals surface area contributed by atoms with E-state index in [-0.39, 0.29) is 23.2 Å². The molecule has 2 aliphatic heterocycles. The molecular weight excluding hydrogens is 467 g/mol. The van der Waals surface area contributed by atoms with Gasteiger partial charge in [0, 0.05) is 22.9 Å². The van der Waals surface area contributed by atoms with Crippen molar-refractivity contribution in [1.82, 2.24) is 24.3 Å². The van der Waals surface area contributed by atoms with Gasteiger partial charge in [-0.1, -0.05) is 24.3 Å². The second kappa shape index (κ2) is 6.95. The first-order chi connectivity index (χ1) is 16.8. The second-order valence-corrected chi connectivity index (χ2v) is 12.8. The van der Waals surface area contributed by atoms with E-state index in [1.54, 1.807) is 37.9 Å². The number of hydrogen-bond donors (Lipinski definition) is 0. The van der Waals surface area contributed by atoms with Crippen LogP contribution in [0, 0.1) is 11.6 Å². The van der Waals surface area contributed by atoms with Gasteiger partial charge in [0.2, 0.25) is 0 Å². The highest BCUT2D eigenvalue weighted by molar-refractivity contribution is 7.70. The predicted molar refractivity (Wildman–Crippen MR) is 131 cm³/mol. The third kappa shape index (κ3) is 2.86. The lowest BCUT2D eigenvalue weighted by Gasteiger charge is -2.19. The molecule has 174 valence electrons. The van der Waals surface area contributed by atoms with E-state index in [1.165, 1.54) is 12.1 Å². The zero-order chi connectivity index (χ0) is 24.1. The van der Waals surface area contributed by atoms with Crippen LogP contribution in [0.15, 0.2) is 60.9 Å². The van der Waals surface area contributed by atoms with Crippen LogP contribution in [-0.4, -0.2) is 37.6 Å². The molecule has 5 aromatic rings. The van der Waals surface area contributed by atoms with E-state index in [0.29, 0.717) is 23.4 Å². The minimum absolute atomic E-state index is 0.118. The molecule has 0 spiro atoms. The van der Waals surface area contributed by atoms with Gasteiger partial charge in [-0.3, -0.25) is 0 Å². The molecule has 2 bridgehead atoms. The van der Waals surface area contributed by atoms with E-state index in [4.69, 9.17) is 4.98 Å². The molecule has 6 nitrogen and oxygen atoms in total. The quantitative estimate of drug-likeness (QED) is 0.314. The van der Waals surface area contributed by atoms with Crippen molar-refractivity contribution in [1.29, 1.82) is 0 Å². The van der Waals surface area contributed by atoms with Crippen LogP contribution in [-0.2, 0) is 4.57 Å². The van der Waals surface area contributed by atoms with Gasteiger partial charge in [0.25, 0.3) is 0 Å². The Bertz CT molecular complexity index is 1730. The molecule has 0 saturated carbocycles. The Morgan fingerprint density at radius 3 is 2.57 bits per heavy atom. The van der Waals surface area contributed by atoms with E-state index >= 15 is 4.39 Å². The number of rotatable bonds is 2. The molecule has 0 radical (unpaired) electrons. The lowest BCUT2D eigenvalue weighted by Crippen LogP contribution is -2.12. The Labute approximate surface area is 199 Å². The maximum Gasteiger partial charge on any atom is 0.164 e. The maximum absolute atomic E-state index is 15.3. The van der Waals surface area contributed by atoms with Gasteiger partial charge in [-0.05, 0) is 54.8 Å². The van der Waals surface area contributed by atoms with E-state index < -0.39 is 13.0 Å². The fourth-order valence-corrected chi connectivity index (χ4v) is 6.63. The molecule has 0 aliphatic carbocycles. The molecule has 0 amide bonds. The molecule has 9 heteroatoms. The maximum atomic E-state index is 15.3. The minimum Gasteiger partial charge on any atom is -0.319 e. The Balaban J connectivity index is 1.45. The fourth-order valence-electron chi connectivity index (χ4n) is 5.62. The Hall–Kier alpha value is -3.64. The zero-order valence-corrected chi connectivity index (χ0v) is 19.9. The highest BCUT2D eigenvalue weighted by Crippen LogP contribution is 2.50. The number of imidazole rings is 1. The number of fused-ring (bicyclic) bond motifs is 6. The third-order valence-electron chi connectivity index (χ3n) is 7.17. The molecule has 0 fully saturated rings. The number of hydrogen-bond acceptors (Lipinski definition) is 4. The average Bonchev–Trinajstić information content (AvgIpc) is 3.49. The van der Waals surface area contributed by atoms with Crippen LogP contribution in [0.5, 0.6) is 0 Å². The van der Waals surface area contributed by atoms with Gasteiger partial charge < -0.3 is 13.7 Å². The van der Waals surface area contributed by atoms with Crippen LogP contribution in [0.4, 0.5) is 8.78 Å². The lowest BCUT2D eigenvalue weighted by molar-refractivity contribution is 0.524. The second-order valence-electron chi connectivity index (χ2n) is 9.59. The first-order valence-electron chi connectivity index (χ1n) is 11.4. The summed E-state index contributed by atoms with van der Waals surface area (Å²) in [7, 11) is -2.72. The number of benzene rings is 3. The summed E-state index contributed by atoms with van der Waals surface area (Å²) in [5, 5.41) is 8.63. The molecule has 0 saturated heterocycles. The van der Waals surface area contributed by atoms with E-state index in [1.807, 2.05) is 28.8 Å². The molecule has 2 aliphatic rings. The lowest BCUT2D eigenvalue weighted by atomic mass is 9.97. The van der Waals surface area contributed by atoms with Gasteiger partial charge in [-0.25, -0.2) is 13.8 Å². The van der Waals surface area contributed by atoms with Gasteiger partial charge in [-0.2, -0.15) is 0 Å². The first-order valence-corrected chi connectivity index (χ1v) is 14.0. The van der Waals surface area contributed by atoms with Gasteiger partial charge in [0.05, 0.1) is 23.1 Å². The van der Waals surface area contributed by atoms with Crippen molar-refractivity contribution in [2.75, 3.05) is 13.3 Å². The van der Waals surface area contributed by atoms with Crippen molar-refractivity contribution >= 4 is 23.5 Å². The average molecular weight is 487 g/mol. The number of aromatic nitrogens is 5. The monoisotopic (exact) mass is 487 g/mol. The van der Waals surface area contributed by atoms with Gasteiger partial charge in [0.15, 0.2) is 5.82 Å². The van der Waals surface area contributed by atoms with Crippen molar-refractivity contribution < 1.29 is 13.3 Å². The van der Waals surface area contributed by atoms with Gasteiger partial charge in [0.1, 0.15) is 30.9 Å². The first kappa shape index (κ1) is 20.7. The van der Waals surface area contributed by atoms with Gasteiger partial charge >= 0.3 is 0 Å². The van der Waals surface area contributed by atoms with Crippen molar-refractivity contribution in [3.63, 3.8) is 0 Å².